The number of aryl methyl sites for hydroxylation is 1. The molecule has 1 aliphatic heterocycles. The van der Waals surface area contributed by atoms with Crippen LogP contribution in [0.5, 0.6) is 0 Å². The number of ether oxygens (including phenoxy) is 1. The molecule has 13 heteroatoms. The van der Waals surface area contributed by atoms with Gasteiger partial charge in [0, 0.05) is 64.8 Å². The number of Topliss-reactive ketones (excluding diaryl/α,β-unsaturated/α-hetero) is 1. The molecule has 0 aliphatic carbocycles. The number of aromatic nitrogens is 5. The molecule has 12 nitrogen and oxygen atoms in total. The molecule has 4 heterocycles. The lowest BCUT2D eigenvalue weighted by molar-refractivity contribution is -0.155. The van der Waals surface area contributed by atoms with E-state index in [4.69, 9.17) is 14.7 Å². The van der Waals surface area contributed by atoms with Crippen LogP contribution in [-0.4, -0.2) is 75.2 Å². The van der Waals surface area contributed by atoms with Crippen LogP contribution in [0.25, 0.3) is 17.1 Å². The first-order chi connectivity index (χ1) is 21.2. The predicted octanol–water partition coefficient (Wildman–Crippen LogP) is 2.59. The first-order valence-corrected chi connectivity index (χ1v) is 14.2. The minimum absolute atomic E-state index is 0.0494. The molecule has 1 amide bonds. The first kappa shape index (κ1) is 30.9. The number of halogens is 1. The zero-order valence-electron chi connectivity index (χ0n) is 25.0. The number of nitrogens with one attached hydrogen (secondary N) is 1. The molecular formula is C31H34FN7O5. The number of rotatable bonds is 11. The third kappa shape index (κ3) is 6.49. The summed E-state index contributed by atoms with van der Waals surface area (Å²) in [7, 11) is 4.52. The maximum Gasteiger partial charge on any atom is 0.279 e. The number of methoxy groups -OCH3 is 1. The van der Waals surface area contributed by atoms with E-state index in [9.17, 15) is 18.8 Å². The van der Waals surface area contributed by atoms with Crippen molar-refractivity contribution in [1.82, 2.24) is 34.9 Å². The quantitative estimate of drug-likeness (QED) is 0.257. The van der Waals surface area contributed by atoms with E-state index in [1.54, 1.807) is 22.9 Å². The Bertz CT molecular complexity index is 1720. The molecule has 0 saturated carbocycles. The van der Waals surface area contributed by atoms with Crippen LogP contribution in [0.15, 0.2) is 59.5 Å². The third-order valence-corrected chi connectivity index (χ3v) is 7.63. The van der Waals surface area contributed by atoms with Gasteiger partial charge in [0.2, 0.25) is 5.95 Å². The SMILES string of the molecule is CNC(=O)c1cc(-c2nn(-c3ccccc3)c(CC(=O)C[C@@H]3CN(CCOC)O[C@H]3c3ccnc(F)c3)c2C)nn(C)c1=O. The van der Waals surface area contributed by atoms with E-state index in [1.807, 2.05) is 37.3 Å². The van der Waals surface area contributed by atoms with Gasteiger partial charge in [-0.25, -0.2) is 14.3 Å². The molecule has 4 aromatic rings. The standard InChI is InChI=1S/C31H34FN7O5/c1-19-26(16-23(40)14-21-18-38(12-13-43-4)44-29(21)20-10-11-34-27(32)15-20)39(22-8-6-5-7-9-22)36-28(19)25-17-24(30(41)33-2)31(42)37(3)35-25/h5-11,15,17,21,29H,12-14,16,18H2,1-4H3,(H,33,41)/t21-,29+/m1/s1. The fourth-order valence-corrected chi connectivity index (χ4v) is 5.42. The Morgan fingerprint density at radius 3 is 2.64 bits per heavy atom. The van der Waals surface area contributed by atoms with Crippen molar-refractivity contribution in [3.05, 3.63) is 93.4 Å². The highest BCUT2D eigenvalue weighted by Crippen LogP contribution is 2.37. The Balaban J connectivity index is 1.48. The monoisotopic (exact) mass is 603 g/mol. The molecule has 3 aromatic heterocycles. The number of hydrogen-bond acceptors (Lipinski definition) is 9. The maximum atomic E-state index is 14.0. The summed E-state index contributed by atoms with van der Waals surface area (Å²) < 4.78 is 22.0. The van der Waals surface area contributed by atoms with Crippen molar-refractivity contribution in [2.45, 2.75) is 25.9 Å². The molecule has 1 N–H and O–H groups in total. The van der Waals surface area contributed by atoms with Crippen molar-refractivity contribution in [3.8, 4) is 17.1 Å². The number of benzene rings is 1. The topological polar surface area (TPSA) is 133 Å². The van der Waals surface area contributed by atoms with Crippen LogP contribution >= 0.6 is 0 Å². The summed E-state index contributed by atoms with van der Waals surface area (Å²) in [5.41, 5.74) is 2.84. The summed E-state index contributed by atoms with van der Waals surface area (Å²) in [5, 5.41) is 13.4. The Hall–Kier alpha value is -4.59. The van der Waals surface area contributed by atoms with Crippen LogP contribution in [0, 0.1) is 18.8 Å². The van der Waals surface area contributed by atoms with Gasteiger partial charge in [0.15, 0.2) is 0 Å². The average molecular weight is 604 g/mol. The summed E-state index contributed by atoms with van der Waals surface area (Å²) in [5.74, 6) is -1.45. The average Bonchev–Trinajstić information content (AvgIpc) is 3.57. The second-order valence-electron chi connectivity index (χ2n) is 10.6. The highest BCUT2D eigenvalue weighted by molar-refractivity contribution is 5.94. The van der Waals surface area contributed by atoms with E-state index >= 15 is 0 Å². The van der Waals surface area contributed by atoms with Gasteiger partial charge in [0.1, 0.15) is 28.8 Å². The van der Waals surface area contributed by atoms with Crippen LogP contribution in [0.4, 0.5) is 4.39 Å². The molecule has 1 saturated heterocycles. The lowest BCUT2D eigenvalue weighted by Crippen LogP contribution is -2.31. The fraction of sp³-hybridized carbons (Fsp3) is 0.355. The van der Waals surface area contributed by atoms with Crippen molar-refractivity contribution < 1.29 is 23.6 Å². The third-order valence-electron chi connectivity index (χ3n) is 7.63. The smallest absolute Gasteiger partial charge is 0.279 e. The predicted molar refractivity (Wildman–Crippen MR) is 158 cm³/mol. The molecule has 1 fully saturated rings. The number of para-hydroxylation sites is 1. The van der Waals surface area contributed by atoms with Crippen molar-refractivity contribution >= 4 is 11.7 Å². The van der Waals surface area contributed by atoms with Gasteiger partial charge in [-0.15, -0.1) is 0 Å². The number of carbonyl (C=O) groups excluding carboxylic acids is 2. The maximum absolute atomic E-state index is 14.0. The summed E-state index contributed by atoms with van der Waals surface area (Å²) in [6.45, 7) is 3.25. The Morgan fingerprint density at radius 1 is 1.16 bits per heavy atom. The van der Waals surface area contributed by atoms with Gasteiger partial charge in [0.25, 0.3) is 11.5 Å². The van der Waals surface area contributed by atoms with Gasteiger partial charge in [-0.1, -0.05) is 18.2 Å². The number of hydrogen-bond donors (Lipinski definition) is 1. The Kier molecular flexibility index (Phi) is 9.37. The second-order valence-corrected chi connectivity index (χ2v) is 10.6. The van der Waals surface area contributed by atoms with Crippen molar-refractivity contribution in [2.24, 2.45) is 13.0 Å². The number of pyridine rings is 1. The molecule has 230 valence electrons. The van der Waals surface area contributed by atoms with E-state index in [2.05, 4.69) is 15.4 Å². The molecule has 0 radical (unpaired) electrons. The molecular weight excluding hydrogens is 569 g/mol. The molecule has 1 aliphatic rings. The first-order valence-electron chi connectivity index (χ1n) is 14.2. The number of carbonyl (C=O) groups is 2. The van der Waals surface area contributed by atoms with Crippen LogP contribution in [-0.2, 0) is 27.8 Å². The number of ketones is 1. The van der Waals surface area contributed by atoms with Gasteiger partial charge < -0.3 is 10.1 Å². The molecule has 1 aromatic carbocycles. The van der Waals surface area contributed by atoms with Gasteiger partial charge in [-0.2, -0.15) is 19.7 Å². The van der Waals surface area contributed by atoms with Gasteiger partial charge in [-0.3, -0.25) is 19.2 Å². The van der Waals surface area contributed by atoms with Gasteiger partial charge in [-0.05, 0) is 42.8 Å². The largest absolute Gasteiger partial charge is 0.383 e. The summed E-state index contributed by atoms with van der Waals surface area (Å²) in [4.78, 5) is 48.5. The Labute approximate surface area is 253 Å². The molecule has 2 atom stereocenters. The van der Waals surface area contributed by atoms with Gasteiger partial charge in [0.05, 0.1) is 18.0 Å². The molecule has 0 spiro atoms. The molecule has 0 unspecified atom stereocenters. The Morgan fingerprint density at radius 2 is 1.93 bits per heavy atom. The zero-order valence-corrected chi connectivity index (χ0v) is 25.0. The highest BCUT2D eigenvalue weighted by Gasteiger charge is 2.37. The van der Waals surface area contributed by atoms with Crippen LogP contribution in [0.3, 0.4) is 0 Å². The van der Waals surface area contributed by atoms with E-state index in [1.165, 1.54) is 32.4 Å². The lowest BCUT2D eigenvalue weighted by Gasteiger charge is -2.17. The van der Waals surface area contributed by atoms with Gasteiger partial charge >= 0.3 is 0 Å². The normalized spacial score (nSPS) is 16.8. The molecule has 5 rings (SSSR count). The van der Waals surface area contributed by atoms with E-state index in [0.29, 0.717) is 47.9 Å². The number of hydroxylamine groups is 2. The summed E-state index contributed by atoms with van der Waals surface area (Å²) in [6, 6.07) is 13.8. The summed E-state index contributed by atoms with van der Waals surface area (Å²) >= 11 is 0. The summed E-state index contributed by atoms with van der Waals surface area (Å²) in [6.07, 6.45) is 1.08. The lowest BCUT2D eigenvalue weighted by atomic mass is 9.91. The van der Waals surface area contributed by atoms with Crippen LogP contribution in [0.1, 0.15) is 39.7 Å². The molecule has 0 bridgehead atoms. The van der Waals surface area contributed by atoms with Crippen molar-refractivity contribution in [2.75, 3.05) is 33.9 Å². The fourth-order valence-electron chi connectivity index (χ4n) is 5.42. The minimum atomic E-state index is -0.618. The van der Waals surface area contributed by atoms with Crippen LogP contribution in [0.2, 0.25) is 0 Å². The van der Waals surface area contributed by atoms with Crippen molar-refractivity contribution in [1.29, 1.82) is 0 Å². The van der Waals surface area contributed by atoms with Crippen molar-refractivity contribution in [3.63, 3.8) is 0 Å². The van der Waals surface area contributed by atoms with E-state index in [-0.39, 0.29) is 30.1 Å². The van der Waals surface area contributed by atoms with Crippen LogP contribution < -0.4 is 10.9 Å². The van der Waals surface area contributed by atoms with E-state index in [0.717, 1.165) is 10.4 Å². The second kappa shape index (κ2) is 13.4. The highest BCUT2D eigenvalue weighted by atomic mass is 19.1. The minimum Gasteiger partial charge on any atom is -0.383 e. The molecule has 44 heavy (non-hydrogen) atoms. The number of nitrogens with zero attached hydrogens (tertiary/aromatic N) is 6. The number of amides is 1. The van der Waals surface area contributed by atoms with E-state index < -0.39 is 23.5 Å². The zero-order chi connectivity index (χ0) is 31.4.